The van der Waals surface area contributed by atoms with E-state index in [1.54, 1.807) is 0 Å². The minimum absolute atomic E-state index is 0.320. The van der Waals surface area contributed by atoms with Crippen molar-refractivity contribution in [2.75, 3.05) is 26.4 Å². The topological polar surface area (TPSA) is 66.4 Å². The van der Waals surface area contributed by atoms with E-state index in [0.717, 1.165) is 38.5 Å². The standard InChI is InChI=1S/C18H37O6P/c1-4-7-10-20-13-14-15(19)16(21-11-8-5-2)17(18(23-14)24-25)22-12-9-6-3/h14-19H,4-13,25H2,1-3H3/t14?,15-,16?,17-,18-/m0/s1. The molecule has 3 unspecified atom stereocenters. The summed E-state index contributed by atoms with van der Waals surface area (Å²) in [5.41, 5.74) is 0. The molecule has 0 saturated carbocycles. The minimum Gasteiger partial charge on any atom is -0.387 e. The predicted molar refractivity (Wildman–Crippen MR) is 100 cm³/mol. The van der Waals surface area contributed by atoms with Crippen molar-refractivity contribution >= 4 is 9.47 Å². The van der Waals surface area contributed by atoms with Gasteiger partial charge in [-0.15, -0.1) is 0 Å². The van der Waals surface area contributed by atoms with Crippen LogP contribution in [-0.4, -0.2) is 62.2 Å². The number of hydrogen-bond donors (Lipinski definition) is 1. The van der Waals surface area contributed by atoms with Gasteiger partial charge in [-0.3, -0.25) is 0 Å². The van der Waals surface area contributed by atoms with Crippen LogP contribution in [-0.2, 0) is 23.5 Å². The van der Waals surface area contributed by atoms with Crippen LogP contribution in [0.5, 0.6) is 0 Å². The highest BCUT2D eigenvalue weighted by Crippen LogP contribution is 2.28. The highest BCUT2D eigenvalue weighted by molar-refractivity contribution is 7.09. The van der Waals surface area contributed by atoms with E-state index in [2.05, 4.69) is 30.2 Å². The molecule has 0 aromatic carbocycles. The van der Waals surface area contributed by atoms with Crippen molar-refractivity contribution in [2.45, 2.75) is 90.0 Å². The second-order valence-electron chi connectivity index (χ2n) is 6.48. The summed E-state index contributed by atoms with van der Waals surface area (Å²) in [5, 5.41) is 10.8. The normalized spacial score (nSPS) is 29.9. The van der Waals surface area contributed by atoms with Gasteiger partial charge < -0.3 is 28.6 Å². The second kappa shape index (κ2) is 14.3. The SMILES string of the molecule is CCCCOCC1O[C@@H](OP)[C@@H](OCCCC)C(OCCCC)[C@H]1O. The maximum atomic E-state index is 10.8. The molecule has 1 saturated heterocycles. The lowest BCUT2D eigenvalue weighted by molar-refractivity contribution is -0.295. The van der Waals surface area contributed by atoms with Crippen LogP contribution in [0.1, 0.15) is 59.3 Å². The average molecular weight is 380 g/mol. The number of rotatable bonds is 14. The Labute approximate surface area is 155 Å². The van der Waals surface area contributed by atoms with Gasteiger partial charge in [0, 0.05) is 29.3 Å². The Hall–Kier alpha value is 0.190. The molecule has 6 nitrogen and oxygen atoms in total. The smallest absolute Gasteiger partial charge is 0.189 e. The summed E-state index contributed by atoms with van der Waals surface area (Å²) in [6, 6.07) is 0. The molecule has 0 spiro atoms. The molecule has 6 atom stereocenters. The Balaban J connectivity index is 2.70. The summed E-state index contributed by atoms with van der Waals surface area (Å²) >= 11 is 0. The van der Waals surface area contributed by atoms with Crippen LogP contribution in [0, 0.1) is 0 Å². The van der Waals surface area contributed by atoms with Gasteiger partial charge in [0.15, 0.2) is 6.29 Å². The summed E-state index contributed by atoms with van der Waals surface area (Å²) in [7, 11) is 2.23. The molecule has 0 bridgehead atoms. The van der Waals surface area contributed by atoms with Crippen LogP contribution in [0.25, 0.3) is 0 Å². The Morgan fingerprint density at radius 2 is 1.44 bits per heavy atom. The van der Waals surface area contributed by atoms with Gasteiger partial charge in [-0.2, -0.15) is 0 Å². The Morgan fingerprint density at radius 3 is 2.00 bits per heavy atom. The van der Waals surface area contributed by atoms with Gasteiger partial charge in [0.2, 0.25) is 0 Å². The molecule has 1 heterocycles. The lowest BCUT2D eigenvalue weighted by Gasteiger charge is -2.43. The summed E-state index contributed by atoms with van der Waals surface area (Å²) in [6.07, 6.45) is 3.19. The highest BCUT2D eigenvalue weighted by Gasteiger charge is 2.47. The maximum absolute atomic E-state index is 10.8. The number of unbranched alkanes of at least 4 members (excludes halogenated alkanes) is 3. The van der Waals surface area contributed by atoms with Crippen LogP contribution >= 0.6 is 9.47 Å². The first-order valence-corrected chi connectivity index (χ1v) is 10.2. The van der Waals surface area contributed by atoms with Crippen LogP contribution < -0.4 is 0 Å². The van der Waals surface area contributed by atoms with Gasteiger partial charge >= 0.3 is 0 Å². The van der Waals surface area contributed by atoms with Crippen LogP contribution in [0.2, 0.25) is 0 Å². The molecule has 0 aromatic rings. The molecular formula is C18H37O6P. The van der Waals surface area contributed by atoms with Crippen molar-refractivity contribution in [3.8, 4) is 0 Å². The second-order valence-corrected chi connectivity index (χ2v) is 6.75. The largest absolute Gasteiger partial charge is 0.387 e. The molecule has 1 aliphatic rings. The van der Waals surface area contributed by atoms with E-state index in [-0.39, 0.29) is 0 Å². The van der Waals surface area contributed by atoms with Crippen molar-refractivity contribution in [1.29, 1.82) is 0 Å². The van der Waals surface area contributed by atoms with Crippen LogP contribution in [0.3, 0.4) is 0 Å². The molecule has 1 rings (SSSR count). The van der Waals surface area contributed by atoms with Crippen molar-refractivity contribution in [3.05, 3.63) is 0 Å². The van der Waals surface area contributed by atoms with Crippen molar-refractivity contribution in [1.82, 2.24) is 0 Å². The molecule has 0 aliphatic carbocycles. The maximum Gasteiger partial charge on any atom is 0.189 e. The Morgan fingerprint density at radius 1 is 0.880 bits per heavy atom. The van der Waals surface area contributed by atoms with E-state index in [1.165, 1.54) is 0 Å². The van der Waals surface area contributed by atoms with E-state index >= 15 is 0 Å². The third-order valence-electron chi connectivity index (χ3n) is 4.29. The zero-order chi connectivity index (χ0) is 18.5. The molecule has 25 heavy (non-hydrogen) atoms. The average Bonchev–Trinajstić information content (AvgIpc) is 2.62. The first kappa shape index (κ1) is 23.2. The number of ether oxygens (including phenoxy) is 4. The van der Waals surface area contributed by atoms with Crippen LogP contribution in [0.4, 0.5) is 0 Å². The molecular weight excluding hydrogens is 343 g/mol. The van der Waals surface area contributed by atoms with Gasteiger partial charge in [0.1, 0.15) is 24.4 Å². The molecule has 150 valence electrons. The lowest BCUT2D eigenvalue weighted by atomic mass is 9.98. The van der Waals surface area contributed by atoms with E-state index in [4.69, 9.17) is 23.5 Å². The molecule has 7 heteroatoms. The van der Waals surface area contributed by atoms with Gasteiger partial charge in [0.05, 0.1) is 6.61 Å². The Kier molecular flexibility index (Phi) is 13.3. The lowest BCUT2D eigenvalue weighted by Crippen LogP contribution is -2.60. The van der Waals surface area contributed by atoms with Crippen LogP contribution in [0.15, 0.2) is 0 Å². The van der Waals surface area contributed by atoms with Gasteiger partial charge in [-0.05, 0) is 19.3 Å². The van der Waals surface area contributed by atoms with E-state index < -0.39 is 30.7 Å². The number of aliphatic hydroxyl groups is 1. The third-order valence-corrected chi connectivity index (χ3v) is 4.56. The van der Waals surface area contributed by atoms with Gasteiger partial charge in [0.25, 0.3) is 0 Å². The highest BCUT2D eigenvalue weighted by atomic mass is 31.0. The molecule has 1 aliphatic heterocycles. The summed E-state index contributed by atoms with van der Waals surface area (Å²) in [4.78, 5) is 0. The fraction of sp³-hybridized carbons (Fsp3) is 1.00. The number of aliphatic hydroxyl groups excluding tert-OH is 1. The fourth-order valence-corrected chi connectivity index (χ4v) is 2.90. The minimum atomic E-state index is -0.804. The third kappa shape index (κ3) is 8.17. The monoisotopic (exact) mass is 380 g/mol. The van der Waals surface area contributed by atoms with Gasteiger partial charge in [-0.1, -0.05) is 40.0 Å². The van der Waals surface area contributed by atoms with Crippen molar-refractivity contribution < 1.29 is 28.6 Å². The Bertz CT molecular complexity index is 320. The first-order chi connectivity index (χ1) is 12.2. The molecule has 0 aromatic heterocycles. The van der Waals surface area contributed by atoms with Gasteiger partial charge in [-0.25, -0.2) is 0 Å². The summed E-state index contributed by atoms with van der Waals surface area (Å²) in [6.45, 7) is 8.49. The first-order valence-electron chi connectivity index (χ1n) is 9.69. The summed E-state index contributed by atoms with van der Waals surface area (Å²) in [5.74, 6) is 0. The predicted octanol–water partition coefficient (Wildman–Crippen LogP) is 3.07. The van der Waals surface area contributed by atoms with E-state index in [9.17, 15) is 5.11 Å². The van der Waals surface area contributed by atoms with E-state index in [1.807, 2.05) is 0 Å². The zero-order valence-corrected chi connectivity index (χ0v) is 17.2. The van der Waals surface area contributed by atoms with Crippen molar-refractivity contribution in [2.24, 2.45) is 0 Å². The molecule has 1 fully saturated rings. The molecule has 0 radical (unpaired) electrons. The fourth-order valence-electron chi connectivity index (χ4n) is 2.68. The van der Waals surface area contributed by atoms with Crippen molar-refractivity contribution in [3.63, 3.8) is 0 Å². The summed E-state index contributed by atoms with van der Waals surface area (Å²) < 4.78 is 28.8. The zero-order valence-electron chi connectivity index (χ0n) is 16.0. The van der Waals surface area contributed by atoms with E-state index in [0.29, 0.717) is 26.4 Å². The quantitative estimate of drug-likeness (QED) is 0.369. The molecule has 1 N–H and O–H groups in total. The number of hydrogen-bond acceptors (Lipinski definition) is 6. The molecule has 0 amide bonds.